The van der Waals surface area contributed by atoms with E-state index in [-0.39, 0.29) is 17.2 Å². The molecule has 4 aromatic rings. The molecule has 0 aliphatic heterocycles. The number of halogens is 2. The summed E-state index contributed by atoms with van der Waals surface area (Å²) in [6.45, 7) is 1.84. The van der Waals surface area contributed by atoms with E-state index in [1.54, 1.807) is 15.9 Å². The van der Waals surface area contributed by atoms with E-state index in [0.717, 1.165) is 61.7 Å². The summed E-state index contributed by atoms with van der Waals surface area (Å²) < 4.78 is 3.53. The monoisotopic (exact) mass is 644 g/mol. The van der Waals surface area contributed by atoms with Gasteiger partial charge in [0.1, 0.15) is 4.83 Å². The summed E-state index contributed by atoms with van der Waals surface area (Å²) in [5, 5.41) is 5.46. The number of hydrogen-bond acceptors (Lipinski definition) is 6. The van der Waals surface area contributed by atoms with Gasteiger partial charge in [0.2, 0.25) is 0 Å². The summed E-state index contributed by atoms with van der Waals surface area (Å²) in [6.07, 6.45) is 4.14. The van der Waals surface area contributed by atoms with E-state index >= 15 is 0 Å². The smallest absolute Gasteiger partial charge is 0.267 e. The Kier molecular flexibility index (Phi) is 7.76. The van der Waals surface area contributed by atoms with Crippen molar-refractivity contribution in [1.82, 2.24) is 15.0 Å². The van der Waals surface area contributed by atoms with Crippen molar-refractivity contribution in [3.05, 3.63) is 83.8 Å². The Hall–Kier alpha value is -2.27. The van der Waals surface area contributed by atoms with E-state index in [1.807, 2.05) is 55.5 Å². The molecule has 0 saturated carbocycles. The fraction of sp³-hybridized carbons (Fsp3) is 0.231. The molecule has 0 spiro atoms. The van der Waals surface area contributed by atoms with Gasteiger partial charge in [-0.15, -0.1) is 11.3 Å². The molecule has 1 aliphatic carbocycles. The number of fused-ring (bicyclic) bond motifs is 3. The molecule has 2 aromatic carbocycles. The molecule has 0 atom stereocenters. The first-order chi connectivity index (χ1) is 17.4. The molecule has 0 bridgehead atoms. The number of hydrogen-bond donors (Lipinski definition) is 1. The van der Waals surface area contributed by atoms with Crippen molar-refractivity contribution in [2.24, 2.45) is 5.10 Å². The number of benzene rings is 2. The molecule has 5 rings (SSSR count). The van der Waals surface area contributed by atoms with Gasteiger partial charge >= 0.3 is 0 Å². The molecular formula is C26H22Br2N4O2S2. The van der Waals surface area contributed by atoms with Crippen LogP contribution in [0.1, 0.15) is 35.8 Å². The molecule has 0 saturated heterocycles. The van der Waals surface area contributed by atoms with Crippen LogP contribution in [0.25, 0.3) is 15.9 Å². The van der Waals surface area contributed by atoms with Crippen molar-refractivity contribution >= 4 is 76.8 Å². The third-order valence-corrected chi connectivity index (χ3v) is 9.17. The quantitative estimate of drug-likeness (QED) is 0.113. The number of rotatable bonds is 6. The highest BCUT2D eigenvalue weighted by molar-refractivity contribution is 9.10. The zero-order valence-electron chi connectivity index (χ0n) is 19.4. The van der Waals surface area contributed by atoms with Crippen molar-refractivity contribution in [1.29, 1.82) is 0 Å². The summed E-state index contributed by atoms with van der Waals surface area (Å²) in [6, 6.07) is 15.3. The Bertz CT molecular complexity index is 1530. The van der Waals surface area contributed by atoms with Crippen LogP contribution >= 0.6 is 55.0 Å². The van der Waals surface area contributed by atoms with Gasteiger partial charge in [-0.3, -0.25) is 14.2 Å². The predicted octanol–water partition coefficient (Wildman–Crippen LogP) is 6.48. The number of amides is 1. The molecule has 184 valence electrons. The molecule has 6 nitrogen and oxygen atoms in total. The van der Waals surface area contributed by atoms with E-state index < -0.39 is 0 Å². The van der Waals surface area contributed by atoms with Gasteiger partial charge < -0.3 is 0 Å². The molecule has 0 radical (unpaired) electrons. The highest BCUT2D eigenvalue weighted by Crippen LogP contribution is 2.35. The van der Waals surface area contributed by atoms with E-state index in [0.29, 0.717) is 10.9 Å². The van der Waals surface area contributed by atoms with Gasteiger partial charge in [0.15, 0.2) is 5.16 Å². The number of thioether (sulfide) groups is 1. The molecule has 0 unspecified atom stereocenters. The maximum Gasteiger partial charge on any atom is 0.267 e. The van der Waals surface area contributed by atoms with Crippen molar-refractivity contribution < 1.29 is 4.79 Å². The highest BCUT2D eigenvalue weighted by Gasteiger charge is 2.23. The standard InChI is InChI=1S/C26H22Br2N4O2S2/c1-15(16-6-8-17(27)9-7-16)30-31-22(33)14-35-26-29-24-23(20-4-2-3-5-21(20)36-24)25(34)32(26)19-12-10-18(28)11-13-19/h6-13H,2-5,14H2,1H3,(H,31,33). The summed E-state index contributed by atoms with van der Waals surface area (Å²) in [7, 11) is 0. The van der Waals surface area contributed by atoms with Crippen LogP contribution in [-0.4, -0.2) is 26.9 Å². The van der Waals surface area contributed by atoms with E-state index in [1.165, 1.54) is 16.6 Å². The summed E-state index contributed by atoms with van der Waals surface area (Å²) >= 11 is 9.73. The van der Waals surface area contributed by atoms with Crippen LogP contribution in [0.3, 0.4) is 0 Å². The number of nitrogens with one attached hydrogen (secondary N) is 1. The van der Waals surface area contributed by atoms with E-state index in [4.69, 9.17) is 4.98 Å². The van der Waals surface area contributed by atoms with Crippen LogP contribution in [0.15, 0.2) is 72.5 Å². The average molecular weight is 646 g/mol. The Morgan fingerprint density at radius 3 is 2.47 bits per heavy atom. The third kappa shape index (κ3) is 5.37. The number of carbonyl (C=O) groups is 1. The van der Waals surface area contributed by atoms with Crippen molar-refractivity contribution in [2.45, 2.75) is 37.8 Å². The topological polar surface area (TPSA) is 76.3 Å². The molecule has 2 heterocycles. The zero-order chi connectivity index (χ0) is 25.2. The number of nitrogens with zero attached hydrogens (tertiary/aromatic N) is 3. The number of aryl methyl sites for hydroxylation is 2. The highest BCUT2D eigenvalue weighted by atomic mass is 79.9. The third-order valence-electron chi connectivity index (χ3n) is 5.99. The molecule has 0 fully saturated rings. The number of carbonyl (C=O) groups excluding carboxylic acids is 1. The van der Waals surface area contributed by atoms with Crippen LogP contribution in [0.4, 0.5) is 0 Å². The Morgan fingerprint density at radius 1 is 1.08 bits per heavy atom. The average Bonchev–Trinajstić information content (AvgIpc) is 3.26. The summed E-state index contributed by atoms with van der Waals surface area (Å²) in [4.78, 5) is 33.3. The van der Waals surface area contributed by atoms with Crippen LogP contribution in [0.5, 0.6) is 0 Å². The van der Waals surface area contributed by atoms with Gasteiger partial charge in [0.25, 0.3) is 11.5 Å². The molecule has 2 aromatic heterocycles. The SMILES string of the molecule is CC(=NNC(=O)CSc1nc2sc3c(c2c(=O)n1-c1ccc(Br)cc1)CCCC3)c1ccc(Br)cc1. The number of thiophene rings is 1. The fourth-order valence-electron chi connectivity index (χ4n) is 4.17. The van der Waals surface area contributed by atoms with Gasteiger partial charge in [-0.05, 0) is 80.1 Å². The predicted molar refractivity (Wildman–Crippen MR) is 155 cm³/mol. The zero-order valence-corrected chi connectivity index (χ0v) is 24.2. The minimum Gasteiger partial charge on any atom is -0.272 e. The normalized spacial score (nSPS) is 13.6. The van der Waals surface area contributed by atoms with Crippen molar-refractivity contribution in [3.8, 4) is 5.69 Å². The lowest BCUT2D eigenvalue weighted by Crippen LogP contribution is -2.24. The molecular weight excluding hydrogens is 624 g/mol. The minimum atomic E-state index is -0.265. The van der Waals surface area contributed by atoms with Crippen molar-refractivity contribution in [2.75, 3.05) is 5.75 Å². The Labute approximate surface area is 233 Å². The Balaban J connectivity index is 1.43. The van der Waals surface area contributed by atoms with Crippen LogP contribution in [0.2, 0.25) is 0 Å². The first kappa shape index (κ1) is 25.4. The second-order valence-electron chi connectivity index (χ2n) is 8.43. The van der Waals surface area contributed by atoms with Gasteiger partial charge in [0, 0.05) is 13.8 Å². The lowest BCUT2D eigenvalue weighted by Gasteiger charge is -2.13. The Morgan fingerprint density at radius 2 is 1.75 bits per heavy atom. The fourth-order valence-corrected chi connectivity index (χ4v) is 6.80. The van der Waals surface area contributed by atoms with E-state index in [2.05, 4.69) is 42.4 Å². The van der Waals surface area contributed by atoms with Gasteiger partial charge in [-0.1, -0.05) is 55.8 Å². The van der Waals surface area contributed by atoms with Crippen molar-refractivity contribution in [3.63, 3.8) is 0 Å². The summed E-state index contributed by atoms with van der Waals surface area (Å²) in [5.41, 5.74) is 6.04. The van der Waals surface area contributed by atoms with E-state index in [9.17, 15) is 9.59 Å². The van der Waals surface area contributed by atoms with Gasteiger partial charge in [-0.25, -0.2) is 10.4 Å². The van der Waals surface area contributed by atoms with Crippen LogP contribution < -0.4 is 11.0 Å². The molecule has 1 amide bonds. The van der Waals surface area contributed by atoms with Crippen LogP contribution in [0, 0.1) is 0 Å². The maximum atomic E-state index is 13.8. The minimum absolute atomic E-state index is 0.0752. The first-order valence-corrected chi connectivity index (χ1v) is 14.8. The molecule has 1 N–H and O–H groups in total. The second-order valence-corrected chi connectivity index (χ2v) is 12.3. The molecule has 10 heteroatoms. The van der Waals surface area contributed by atoms with Crippen LogP contribution in [-0.2, 0) is 17.6 Å². The molecule has 36 heavy (non-hydrogen) atoms. The second kappa shape index (κ2) is 11.0. The number of hydrazone groups is 1. The summed E-state index contributed by atoms with van der Waals surface area (Å²) in [5.74, 6) is -0.185. The maximum absolute atomic E-state index is 13.8. The number of aromatic nitrogens is 2. The van der Waals surface area contributed by atoms with Gasteiger partial charge in [-0.2, -0.15) is 5.10 Å². The molecule has 1 aliphatic rings. The first-order valence-electron chi connectivity index (χ1n) is 11.5. The largest absolute Gasteiger partial charge is 0.272 e. The van der Waals surface area contributed by atoms with Gasteiger partial charge in [0.05, 0.1) is 22.5 Å². The lowest BCUT2D eigenvalue weighted by molar-refractivity contribution is -0.118. The lowest BCUT2D eigenvalue weighted by atomic mass is 9.97.